The number of hydrogen-bond donors (Lipinski definition) is 1. The number of primary amides is 1. The average Bonchev–Trinajstić information content (AvgIpc) is 2.07. The van der Waals surface area contributed by atoms with Gasteiger partial charge in [-0.2, -0.15) is 5.10 Å². The monoisotopic (exact) mass is 181 g/mol. The fourth-order valence-corrected chi connectivity index (χ4v) is 0.737. The molecule has 2 N–H and O–H groups in total. The van der Waals surface area contributed by atoms with Crippen molar-refractivity contribution in [1.29, 1.82) is 0 Å². The van der Waals surface area contributed by atoms with Crippen LogP contribution < -0.4 is 10.5 Å². The van der Waals surface area contributed by atoms with Gasteiger partial charge in [0.05, 0.1) is 5.69 Å². The van der Waals surface area contributed by atoms with Gasteiger partial charge in [-0.25, -0.2) is 0 Å². The van der Waals surface area contributed by atoms with E-state index in [4.69, 9.17) is 10.5 Å². The summed E-state index contributed by atoms with van der Waals surface area (Å²) in [7, 11) is 0. The molecule has 5 nitrogen and oxygen atoms in total. The molecule has 0 atom stereocenters. The van der Waals surface area contributed by atoms with Crippen LogP contribution in [0.2, 0.25) is 0 Å². The molecule has 0 aliphatic heterocycles. The summed E-state index contributed by atoms with van der Waals surface area (Å²) in [6.45, 7) is 3.57. The van der Waals surface area contributed by atoms with Crippen LogP contribution in [0.15, 0.2) is 6.07 Å². The van der Waals surface area contributed by atoms with Gasteiger partial charge < -0.3 is 10.5 Å². The van der Waals surface area contributed by atoms with E-state index in [1.165, 1.54) is 0 Å². The van der Waals surface area contributed by atoms with Crippen molar-refractivity contribution in [2.24, 2.45) is 5.73 Å². The third-order valence-corrected chi connectivity index (χ3v) is 1.57. The first-order valence-corrected chi connectivity index (χ1v) is 3.81. The highest BCUT2D eigenvalue weighted by atomic mass is 16.5. The van der Waals surface area contributed by atoms with Gasteiger partial charge in [-0.1, -0.05) is 0 Å². The van der Waals surface area contributed by atoms with Crippen LogP contribution in [0.5, 0.6) is 5.88 Å². The molecule has 70 valence electrons. The number of aryl methyl sites for hydroxylation is 2. The van der Waals surface area contributed by atoms with Crippen LogP contribution in [0.3, 0.4) is 0 Å². The Morgan fingerprint density at radius 3 is 2.77 bits per heavy atom. The number of nitrogens with two attached hydrogens (primary N) is 1. The minimum absolute atomic E-state index is 0.169. The lowest BCUT2D eigenvalue weighted by atomic mass is 10.2. The Balaban J connectivity index is 2.68. The number of rotatable bonds is 3. The second kappa shape index (κ2) is 3.84. The third-order valence-electron chi connectivity index (χ3n) is 1.57. The zero-order chi connectivity index (χ0) is 9.84. The van der Waals surface area contributed by atoms with Gasteiger partial charge in [0.15, 0.2) is 6.61 Å². The van der Waals surface area contributed by atoms with Crippen molar-refractivity contribution in [1.82, 2.24) is 10.2 Å². The largest absolute Gasteiger partial charge is 0.466 e. The minimum atomic E-state index is -0.528. The number of hydrogen-bond acceptors (Lipinski definition) is 4. The lowest BCUT2D eigenvalue weighted by molar-refractivity contribution is -0.120. The lowest BCUT2D eigenvalue weighted by Crippen LogP contribution is -2.20. The predicted octanol–water partition coefficient (Wildman–Crippen LogP) is -0.0425. The Morgan fingerprint density at radius 1 is 1.54 bits per heavy atom. The van der Waals surface area contributed by atoms with Crippen molar-refractivity contribution < 1.29 is 9.53 Å². The highest BCUT2D eigenvalue weighted by molar-refractivity contribution is 5.75. The van der Waals surface area contributed by atoms with Crippen LogP contribution in [0, 0.1) is 13.8 Å². The number of amides is 1. The first-order chi connectivity index (χ1) is 6.09. The molecule has 1 heterocycles. The molecule has 0 saturated carbocycles. The van der Waals surface area contributed by atoms with Crippen molar-refractivity contribution in [3.63, 3.8) is 0 Å². The van der Waals surface area contributed by atoms with Gasteiger partial charge in [0.2, 0.25) is 5.88 Å². The third kappa shape index (κ3) is 2.70. The molecule has 0 unspecified atom stereocenters. The van der Waals surface area contributed by atoms with Crippen molar-refractivity contribution in [3.8, 4) is 5.88 Å². The second-order valence-corrected chi connectivity index (χ2v) is 2.71. The summed E-state index contributed by atoms with van der Waals surface area (Å²) in [5.41, 5.74) is 6.70. The minimum Gasteiger partial charge on any atom is -0.466 e. The fourth-order valence-electron chi connectivity index (χ4n) is 0.737. The topological polar surface area (TPSA) is 78.1 Å². The molecule has 1 aromatic heterocycles. The number of ether oxygens (including phenoxy) is 1. The zero-order valence-corrected chi connectivity index (χ0v) is 7.57. The highest BCUT2D eigenvalue weighted by Crippen LogP contribution is 2.09. The van der Waals surface area contributed by atoms with E-state index in [1.54, 1.807) is 6.07 Å². The molecule has 0 radical (unpaired) electrons. The van der Waals surface area contributed by atoms with Crippen LogP contribution in [-0.4, -0.2) is 22.7 Å². The Labute approximate surface area is 75.9 Å². The van der Waals surface area contributed by atoms with Gasteiger partial charge in [0.1, 0.15) is 0 Å². The molecule has 0 aliphatic carbocycles. The molecule has 5 heteroatoms. The Morgan fingerprint density at radius 2 is 2.23 bits per heavy atom. The Kier molecular flexibility index (Phi) is 2.79. The Hall–Kier alpha value is -1.65. The van der Waals surface area contributed by atoms with Gasteiger partial charge in [0, 0.05) is 6.07 Å². The molecule has 0 spiro atoms. The molecule has 0 fully saturated rings. The maximum atomic E-state index is 10.4. The lowest BCUT2D eigenvalue weighted by Gasteiger charge is -2.03. The smallest absolute Gasteiger partial charge is 0.255 e. The zero-order valence-electron chi connectivity index (χ0n) is 7.57. The number of nitrogens with zero attached hydrogens (tertiary/aromatic N) is 2. The molecule has 1 rings (SSSR count). The van der Waals surface area contributed by atoms with Crippen molar-refractivity contribution in [2.45, 2.75) is 13.8 Å². The van der Waals surface area contributed by atoms with Crippen LogP contribution >= 0.6 is 0 Å². The summed E-state index contributed by atoms with van der Waals surface area (Å²) in [6, 6.07) is 1.71. The van der Waals surface area contributed by atoms with Gasteiger partial charge in [0.25, 0.3) is 5.91 Å². The van der Waals surface area contributed by atoms with Gasteiger partial charge in [-0.15, -0.1) is 5.10 Å². The Bertz CT molecular complexity index is 325. The molecule has 0 saturated heterocycles. The summed E-state index contributed by atoms with van der Waals surface area (Å²) in [5, 5.41) is 7.56. The number of carbonyl (C=O) groups excluding carboxylic acids is 1. The van der Waals surface area contributed by atoms with E-state index in [0.717, 1.165) is 11.3 Å². The van der Waals surface area contributed by atoms with Crippen LogP contribution in [-0.2, 0) is 4.79 Å². The maximum absolute atomic E-state index is 10.4. The molecular weight excluding hydrogens is 170 g/mol. The van der Waals surface area contributed by atoms with Gasteiger partial charge >= 0.3 is 0 Å². The van der Waals surface area contributed by atoms with E-state index < -0.39 is 5.91 Å². The SMILES string of the molecule is Cc1cc(OCC(N)=O)nnc1C. The number of aromatic nitrogens is 2. The predicted molar refractivity (Wildman–Crippen MR) is 46.2 cm³/mol. The second-order valence-electron chi connectivity index (χ2n) is 2.71. The highest BCUT2D eigenvalue weighted by Gasteiger charge is 2.01. The molecule has 1 aromatic rings. The molecule has 13 heavy (non-hydrogen) atoms. The van der Waals surface area contributed by atoms with Crippen LogP contribution in [0.4, 0.5) is 0 Å². The summed E-state index contributed by atoms with van der Waals surface area (Å²) in [4.78, 5) is 10.4. The van der Waals surface area contributed by atoms with E-state index in [1.807, 2.05) is 13.8 Å². The fraction of sp³-hybridized carbons (Fsp3) is 0.375. The summed E-state index contributed by atoms with van der Waals surface area (Å²) in [6.07, 6.45) is 0. The molecule has 0 aromatic carbocycles. The summed E-state index contributed by atoms with van der Waals surface area (Å²) >= 11 is 0. The van der Waals surface area contributed by atoms with E-state index in [2.05, 4.69) is 10.2 Å². The molecular formula is C8H11N3O2. The van der Waals surface area contributed by atoms with E-state index in [-0.39, 0.29) is 6.61 Å². The first kappa shape index (κ1) is 9.44. The quantitative estimate of drug-likeness (QED) is 0.709. The van der Waals surface area contributed by atoms with Crippen LogP contribution in [0.1, 0.15) is 11.3 Å². The van der Waals surface area contributed by atoms with Gasteiger partial charge in [-0.05, 0) is 19.4 Å². The van der Waals surface area contributed by atoms with E-state index in [0.29, 0.717) is 5.88 Å². The normalized spacial score (nSPS) is 9.69. The van der Waals surface area contributed by atoms with Crippen molar-refractivity contribution >= 4 is 5.91 Å². The molecule has 0 aliphatic rings. The van der Waals surface area contributed by atoms with E-state index in [9.17, 15) is 4.79 Å². The average molecular weight is 181 g/mol. The van der Waals surface area contributed by atoms with E-state index >= 15 is 0 Å². The summed E-state index contributed by atoms with van der Waals surface area (Å²) < 4.78 is 4.96. The first-order valence-electron chi connectivity index (χ1n) is 3.81. The van der Waals surface area contributed by atoms with Crippen molar-refractivity contribution in [3.05, 3.63) is 17.3 Å². The standard InChI is InChI=1S/C8H11N3O2/c1-5-3-8(11-10-6(5)2)13-4-7(9)12/h3H,4H2,1-2H3,(H2,9,12). The number of carbonyl (C=O) groups is 1. The van der Waals surface area contributed by atoms with Crippen LogP contribution in [0.25, 0.3) is 0 Å². The van der Waals surface area contributed by atoms with Gasteiger partial charge in [-0.3, -0.25) is 4.79 Å². The van der Waals surface area contributed by atoms with Crippen molar-refractivity contribution in [2.75, 3.05) is 6.61 Å². The summed E-state index contributed by atoms with van der Waals surface area (Å²) in [5.74, 6) is -0.207. The molecule has 1 amide bonds. The maximum Gasteiger partial charge on any atom is 0.255 e. The molecule has 0 bridgehead atoms.